The molecule has 0 aliphatic carbocycles. The van der Waals surface area contributed by atoms with E-state index in [9.17, 15) is 24.6 Å². The number of benzene rings is 3. The molecular formula is C28H22N2O6. The Morgan fingerprint density at radius 3 is 2.39 bits per heavy atom. The van der Waals surface area contributed by atoms with Crippen LogP contribution in [0.25, 0.3) is 16.7 Å². The van der Waals surface area contributed by atoms with Crippen molar-refractivity contribution in [2.45, 2.75) is 12.5 Å². The van der Waals surface area contributed by atoms with Crippen molar-refractivity contribution in [1.29, 1.82) is 0 Å². The van der Waals surface area contributed by atoms with Gasteiger partial charge in [0.15, 0.2) is 0 Å². The van der Waals surface area contributed by atoms with E-state index in [-0.39, 0.29) is 23.5 Å². The van der Waals surface area contributed by atoms with Crippen LogP contribution in [0.1, 0.15) is 22.7 Å². The Bertz CT molecular complexity index is 1520. The molecule has 8 heteroatoms. The second kappa shape index (κ2) is 9.07. The zero-order chi connectivity index (χ0) is 25.4. The Morgan fingerprint density at radius 2 is 1.69 bits per heavy atom. The van der Waals surface area contributed by atoms with Gasteiger partial charge < -0.3 is 19.9 Å². The highest BCUT2D eigenvalue weighted by Gasteiger charge is 2.47. The number of para-hydroxylation sites is 1. The van der Waals surface area contributed by atoms with E-state index in [2.05, 4.69) is 4.98 Å². The molecule has 3 aromatic carbocycles. The van der Waals surface area contributed by atoms with Gasteiger partial charge in [-0.05, 0) is 41.5 Å². The second-order valence-electron chi connectivity index (χ2n) is 8.43. The van der Waals surface area contributed by atoms with Crippen LogP contribution in [0.4, 0.5) is 5.69 Å². The van der Waals surface area contributed by atoms with Crippen LogP contribution in [-0.2, 0) is 25.5 Å². The average molecular weight is 482 g/mol. The molecule has 1 fully saturated rings. The lowest BCUT2D eigenvalue weighted by Crippen LogP contribution is -2.29. The van der Waals surface area contributed by atoms with Crippen LogP contribution in [0, 0.1) is 0 Å². The third-order valence-corrected chi connectivity index (χ3v) is 6.29. The molecule has 36 heavy (non-hydrogen) atoms. The van der Waals surface area contributed by atoms with Crippen molar-refractivity contribution in [3.8, 4) is 5.75 Å². The van der Waals surface area contributed by atoms with Gasteiger partial charge in [-0.1, -0.05) is 42.5 Å². The van der Waals surface area contributed by atoms with Crippen LogP contribution in [0.15, 0.2) is 84.6 Å². The third-order valence-electron chi connectivity index (χ3n) is 6.29. The molecule has 1 aromatic heterocycles. The SMILES string of the molecule is COC(=O)Cc1ccc(N2C(=O)C(=O)/C(=C(\O)c3c[nH]c4ccccc34)C2c2ccc(O)cc2)cc1. The number of hydrogen-bond donors (Lipinski definition) is 3. The van der Waals surface area contributed by atoms with Gasteiger partial charge in [-0.25, -0.2) is 0 Å². The molecule has 1 unspecified atom stereocenters. The fourth-order valence-corrected chi connectivity index (χ4v) is 4.50. The van der Waals surface area contributed by atoms with E-state index in [1.807, 2.05) is 24.3 Å². The number of phenolic OH excluding ortho intramolecular Hbond substituents is 1. The van der Waals surface area contributed by atoms with Crippen LogP contribution in [0.2, 0.25) is 0 Å². The van der Waals surface area contributed by atoms with Crippen molar-refractivity contribution in [3.05, 3.63) is 101 Å². The van der Waals surface area contributed by atoms with Crippen molar-refractivity contribution in [2.24, 2.45) is 0 Å². The summed E-state index contributed by atoms with van der Waals surface area (Å²) in [6.07, 6.45) is 1.67. The van der Waals surface area contributed by atoms with Crippen LogP contribution in [0.5, 0.6) is 5.75 Å². The highest BCUT2D eigenvalue weighted by atomic mass is 16.5. The molecule has 0 saturated carbocycles. The maximum atomic E-state index is 13.3. The number of fused-ring (bicyclic) bond motifs is 1. The minimum atomic E-state index is -0.939. The molecule has 1 amide bonds. The van der Waals surface area contributed by atoms with Gasteiger partial charge in [0.25, 0.3) is 11.7 Å². The van der Waals surface area contributed by atoms with Crippen LogP contribution < -0.4 is 4.90 Å². The van der Waals surface area contributed by atoms with Gasteiger partial charge in [-0.2, -0.15) is 0 Å². The lowest BCUT2D eigenvalue weighted by molar-refractivity contribution is -0.139. The number of ketones is 1. The molecule has 180 valence electrons. The first-order chi connectivity index (χ1) is 17.4. The summed E-state index contributed by atoms with van der Waals surface area (Å²) >= 11 is 0. The molecule has 1 aliphatic heterocycles. The molecular weight excluding hydrogens is 460 g/mol. The van der Waals surface area contributed by atoms with Gasteiger partial charge in [0.2, 0.25) is 0 Å². The fraction of sp³-hybridized carbons (Fsp3) is 0.107. The maximum absolute atomic E-state index is 13.3. The zero-order valence-corrected chi connectivity index (χ0v) is 19.3. The summed E-state index contributed by atoms with van der Waals surface area (Å²) in [6, 6.07) is 19.2. The van der Waals surface area contributed by atoms with Crippen molar-refractivity contribution in [3.63, 3.8) is 0 Å². The first-order valence-electron chi connectivity index (χ1n) is 11.2. The first-order valence-corrected chi connectivity index (χ1v) is 11.2. The number of methoxy groups -OCH3 is 1. The summed E-state index contributed by atoms with van der Waals surface area (Å²) in [7, 11) is 1.31. The number of aromatic hydroxyl groups is 1. The number of hydrogen-bond acceptors (Lipinski definition) is 6. The van der Waals surface area contributed by atoms with E-state index in [4.69, 9.17) is 4.74 Å². The van der Waals surface area contributed by atoms with Crippen molar-refractivity contribution in [1.82, 2.24) is 4.98 Å². The van der Waals surface area contributed by atoms with Gasteiger partial charge in [0.05, 0.1) is 25.1 Å². The number of carbonyl (C=O) groups is 3. The van der Waals surface area contributed by atoms with E-state index in [1.165, 1.54) is 24.1 Å². The van der Waals surface area contributed by atoms with E-state index in [0.717, 1.165) is 5.52 Å². The lowest BCUT2D eigenvalue weighted by atomic mass is 9.95. The average Bonchev–Trinajstić information content (AvgIpc) is 3.44. The number of anilines is 1. The zero-order valence-electron chi connectivity index (χ0n) is 19.3. The number of H-pyrrole nitrogens is 1. The van der Waals surface area contributed by atoms with Gasteiger partial charge in [-0.3, -0.25) is 19.3 Å². The number of phenols is 1. The summed E-state index contributed by atoms with van der Waals surface area (Å²) in [5.74, 6) is -2.29. The Balaban J connectivity index is 1.66. The number of aliphatic hydroxyl groups is 1. The van der Waals surface area contributed by atoms with Gasteiger partial charge >= 0.3 is 5.97 Å². The summed E-state index contributed by atoms with van der Waals surface area (Å²) in [4.78, 5) is 42.7. The van der Waals surface area contributed by atoms with E-state index >= 15 is 0 Å². The molecule has 2 heterocycles. The van der Waals surface area contributed by atoms with Crippen LogP contribution in [0.3, 0.4) is 0 Å². The molecule has 8 nitrogen and oxygen atoms in total. The Labute approximate surface area is 206 Å². The van der Waals surface area contributed by atoms with Gasteiger partial charge in [0.1, 0.15) is 11.5 Å². The normalized spacial score (nSPS) is 17.0. The van der Waals surface area contributed by atoms with Crippen LogP contribution >= 0.6 is 0 Å². The number of nitrogens with one attached hydrogen (secondary N) is 1. The third kappa shape index (κ3) is 3.88. The number of aromatic nitrogens is 1. The summed E-state index contributed by atoms with van der Waals surface area (Å²) in [5, 5.41) is 21.9. The van der Waals surface area contributed by atoms with Gasteiger partial charge in [0, 0.05) is 28.4 Å². The topological polar surface area (TPSA) is 120 Å². The number of carbonyl (C=O) groups excluding carboxylic acids is 3. The molecule has 1 aliphatic rings. The van der Waals surface area contributed by atoms with E-state index in [1.54, 1.807) is 42.6 Å². The number of Topliss-reactive ketones (excluding diaryl/α,β-unsaturated/α-hetero) is 1. The minimum Gasteiger partial charge on any atom is -0.508 e. The maximum Gasteiger partial charge on any atom is 0.309 e. The number of aromatic amines is 1. The predicted molar refractivity (Wildman–Crippen MR) is 133 cm³/mol. The van der Waals surface area contributed by atoms with Gasteiger partial charge in [-0.15, -0.1) is 0 Å². The Kier molecular flexibility index (Phi) is 5.77. The molecule has 0 bridgehead atoms. The Morgan fingerprint density at radius 1 is 1.00 bits per heavy atom. The number of ether oxygens (including phenoxy) is 1. The summed E-state index contributed by atoms with van der Waals surface area (Å²) in [5.41, 5.74) is 2.75. The first kappa shape index (κ1) is 22.9. The predicted octanol–water partition coefficient (Wildman–Crippen LogP) is 4.22. The fourth-order valence-electron chi connectivity index (χ4n) is 4.50. The van der Waals surface area contributed by atoms with E-state index in [0.29, 0.717) is 27.8 Å². The smallest absolute Gasteiger partial charge is 0.309 e. The number of amides is 1. The highest BCUT2D eigenvalue weighted by Crippen LogP contribution is 2.43. The largest absolute Gasteiger partial charge is 0.508 e. The molecule has 4 aromatic rings. The molecule has 5 rings (SSSR count). The minimum absolute atomic E-state index is 0.0273. The Hall–Kier alpha value is -4.85. The summed E-state index contributed by atoms with van der Waals surface area (Å²) in [6.45, 7) is 0. The standard InChI is InChI=1S/C28H22N2O6/c1-36-23(32)14-16-6-10-18(11-7-16)30-25(17-8-12-19(31)13-9-17)24(27(34)28(30)35)26(33)21-15-29-22-5-3-2-4-20(21)22/h2-13,15,25,29,31,33H,14H2,1H3/b26-24-. The molecule has 1 atom stereocenters. The number of nitrogens with zero attached hydrogens (tertiary/aromatic N) is 1. The number of esters is 1. The van der Waals surface area contributed by atoms with E-state index < -0.39 is 23.7 Å². The monoisotopic (exact) mass is 482 g/mol. The molecule has 1 saturated heterocycles. The number of aliphatic hydroxyl groups excluding tert-OH is 1. The van der Waals surface area contributed by atoms with Crippen LogP contribution in [-0.4, -0.2) is 40.0 Å². The highest BCUT2D eigenvalue weighted by molar-refractivity contribution is 6.51. The molecule has 0 spiro atoms. The second-order valence-corrected chi connectivity index (χ2v) is 8.43. The summed E-state index contributed by atoms with van der Waals surface area (Å²) < 4.78 is 4.70. The van der Waals surface area contributed by atoms with Crippen molar-refractivity contribution in [2.75, 3.05) is 12.0 Å². The lowest BCUT2D eigenvalue weighted by Gasteiger charge is -2.25. The molecule has 0 radical (unpaired) electrons. The van der Waals surface area contributed by atoms with Crippen molar-refractivity contribution < 1.29 is 29.3 Å². The van der Waals surface area contributed by atoms with Crippen molar-refractivity contribution >= 4 is 40.0 Å². The molecule has 3 N–H and O–H groups in total. The quantitative estimate of drug-likeness (QED) is 0.170. The number of rotatable bonds is 5.